The van der Waals surface area contributed by atoms with Crippen LogP contribution < -0.4 is 0 Å². The van der Waals surface area contributed by atoms with Crippen LogP contribution in [-0.4, -0.2) is 16.1 Å². The van der Waals surface area contributed by atoms with Gasteiger partial charge in [0.1, 0.15) is 5.15 Å². The molecule has 1 heterocycles. The molecule has 17 heavy (non-hydrogen) atoms. The van der Waals surface area contributed by atoms with Crippen LogP contribution in [0.5, 0.6) is 0 Å². The predicted molar refractivity (Wildman–Crippen MR) is 70.1 cm³/mol. The topological polar surface area (TPSA) is 35.0 Å². The Morgan fingerprint density at radius 2 is 2.06 bits per heavy atom. The van der Waals surface area contributed by atoms with Gasteiger partial charge in [0.15, 0.2) is 0 Å². The first kappa shape index (κ1) is 14.4. The zero-order chi connectivity index (χ0) is 12.5. The van der Waals surface area contributed by atoms with Crippen LogP contribution in [0.3, 0.4) is 0 Å². The van der Waals surface area contributed by atoms with Gasteiger partial charge in [-0.2, -0.15) is 0 Å². The fourth-order valence-corrected chi connectivity index (χ4v) is 1.68. The van der Waals surface area contributed by atoms with Crippen LogP contribution in [0, 0.1) is 0 Å². The number of ether oxygens (including phenoxy) is 1. The van der Waals surface area contributed by atoms with Crippen LogP contribution in [0.25, 0.3) is 0 Å². The van der Waals surface area contributed by atoms with Crippen LogP contribution in [0.2, 0.25) is 5.15 Å². The second kappa shape index (κ2) is 8.43. The van der Waals surface area contributed by atoms with E-state index in [1.807, 2.05) is 0 Å². The Bertz CT molecular complexity index is 303. The molecule has 0 aliphatic carbocycles. The largest absolute Gasteiger partial charge is 0.372 e. The summed E-state index contributed by atoms with van der Waals surface area (Å²) in [4.78, 5) is 8.11. The maximum absolute atomic E-state index is 5.70. The highest BCUT2D eigenvalue weighted by Crippen LogP contribution is 2.10. The summed E-state index contributed by atoms with van der Waals surface area (Å²) >= 11 is 5.66. The first-order valence-electron chi connectivity index (χ1n) is 6.30. The highest BCUT2D eigenvalue weighted by Gasteiger charge is 2.03. The summed E-state index contributed by atoms with van der Waals surface area (Å²) in [5.41, 5.74) is 0.829. The van der Waals surface area contributed by atoms with Crippen molar-refractivity contribution in [2.45, 2.75) is 58.7 Å². The van der Waals surface area contributed by atoms with Crippen LogP contribution in [0.4, 0.5) is 0 Å². The normalized spacial score (nSPS) is 12.6. The molecule has 0 radical (unpaired) electrons. The zero-order valence-corrected chi connectivity index (χ0v) is 11.4. The molecule has 1 atom stereocenters. The highest BCUT2D eigenvalue weighted by molar-refractivity contribution is 6.29. The molecule has 0 spiro atoms. The van der Waals surface area contributed by atoms with Crippen molar-refractivity contribution >= 4 is 11.6 Å². The first-order valence-corrected chi connectivity index (χ1v) is 6.68. The molecule has 0 aliphatic rings. The Morgan fingerprint density at radius 3 is 2.71 bits per heavy atom. The number of aromatic nitrogens is 2. The van der Waals surface area contributed by atoms with Gasteiger partial charge in [-0.05, 0) is 13.3 Å². The Balaban J connectivity index is 2.14. The molecule has 1 aromatic rings. The minimum Gasteiger partial charge on any atom is -0.372 e. The van der Waals surface area contributed by atoms with Gasteiger partial charge < -0.3 is 4.74 Å². The molecule has 0 saturated heterocycles. The zero-order valence-electron chi connectivity index (χ0n) is 10.7. The quantitative estimate of drug-likeness (QED) is 0.660. The van der Waals surface area contributed by atoms with Crippen molar-refractivity contribution in [3.63, 3.8) is 0 Å². The highest BCUT2D eigenvalue weighted by atomic mass is 35.5. The summed E-state index contributed by atoms with van der Waals surface area (Å²) in [5.74, 6) is 0. The third-order valence-electron chi connectivity index (χ3n) is 2.65. The molecule has 0 amide bonds. The molecule has 1 rings (SSSR count). The first-order chi connectivity index (χ1) is 8.22. The van der Waals surface area contributed by atoms with E-state index in [1.54, 1.807) is 12.4 Å². The molecule has 0 N–H and O–H groups in total. The summed E-state index contributed by atoms with van der Waals surface area (Å²) in [6.45, 7) is 4.84. The fraction of sp³-hybridized carbons (Fsp3) is 0.692. The second-order valence-electron chi connectivity index (χ2n) is 4.30. The maximum Gasteiger partial charge on any atom is 0.147 e. The van der Waals surface area contributed by atoms with E-state index in [9.17, 15) is 0 Å². The molecule has 0 fully saturated rings. The van der Waals surface area contributed by atoms with Crippen LogP contribution in [0.1, 0.15) is 51.6 Å². The molecule has 0 aliphatic heterocycles. The monoisotopic (exact) mass is 256 g/mol. The average Bonchev–Trinajstić information content (AvgIpc) is 2.34. The van der Waals surface area contributed by atoms with Gasteiger partial charge in [0, 0.05) is 0 Å². The van der Waals surface area contributed by atoms with E-state index < -0.39 is 0 Å². The Labute approximate surface area is 109 Å². The third-order valence-corrected chi connectivity index (χ3v) is 2.85. The van der Waals surface area contributed by atoms with E-state index in [0.29, 0.717) is 11.8 Å². The van der Waals surface area contributed by atoms with Crippen LogP contribution in [0.15, 0.2) is 12.4 Å². The molecule has 1 aromatic heterocycles. The van der Waals surface area contributed by atoms with Crippen molar-refractivity contribution in [3.8, 4) is 0 Å². The van der Waals surface area contributed by atoms with Gasteiger partial charge in [-0.3, -0.25) is 4.98 Å². The van der Waals surface area contributed by atoms with Gasteiger partial charge in [0.25, 0.3) is 0 Å². The van der Waals surface area contributed by atoms with Crippen molar-refractivity contribution in [3.05, 3.63) is 23.2 Å². The van der Waals surface area contributed by atoms with Crippen molar-refractivity contribution in [2.24, 2.45) is 0 Å². The second-order valence-corrected chi connectivity index (χ2v) is 4.69. The van der Waals surface area contributed by atoms with Crippen LogP contribution >= 0.6 is 11.6 Å². The van der Waals surface area contributed by atoms with Gasteiger partial charge in [0.2, 0.25) is 0 Å². The lowest BCUT2D eigenvalue weighted by Crippen LogP contribution is -2.08. The predicted octanol–water partition coefficient (Wildman–Crippen LogP) is 4.01. The van der Waals surface area contributed by atoms with Crippen molar-refractivity contribution < 1.29 is 4.74 Å². The summed E-state index contributed by atoms with van der Waals surface area (Å²) < 4.78 is 5.70. The molecule has 0 aromatic carbocycles. The summed E-state index contributed by atoms with van der Waals surface area (Å²) in [6.07, 6.45) is 9.72. The van der Waals surface area contributed by atoms with Crippen LogP contribution in [-0.2, 0) is 11.3 Å². The van der Waals surface area contributed by atoms with Crippen molar-refractivity contribution in [1.82, 2.24) is 9.97 Å². The number of rotatable bonds is 8. The van der Waals surface area contributed by atoms with Crippen molar-refractivity contribution in [2.75, 3.05) is 0 Å². The molecular weight excluding hydrogens is 236 g/mol. The Kier molecular flexibility index (Phi) is 7.13. The number of halogens is 1. The minimum absolute atomic E-state index is 0.282. The number of unbranched alkanes of at least 4 members (excludes halogenated alkanes) is 3. The van der Waals surface area contributed by atoms with Gasteiger partial charge in [-0.15, -0.1) is 0 Å². The SMILES string of the molecule is CCCCCCC(C)OCc1cnc(Cl)cn1. The standard InChI is InChI=1S/C13H21ClN2O/c1-3-4-5-6-7-11(2)17-10-12-8-16-13(14)9-15-12/h8-9,11H,3-7,10H2,1-2H3. The van der Waals surface area contributed by atoms with E-state index in [0.717, 1.165) is 12.1 Å². The molecule has 0 bridgehead atoms. The Hall–Kier alpha value is -0.670. The average molecular weight is 257 g/mol. The number of hydrogen-bond acceptors (Lipinski definition) is 3. The van der Waals surface area contributed by atoms with Gasteiger partial charge in [-0.1, -0.05) is 44.2 Å². The van der Waals surface area contributed by atoms with Gasteiger partial charge >= 0.3 is 0 Å². The van der Waals surface area contributed by atoms with Crippen molar-refractivity contribution in [1.29, 1.82) is 0 Å². The van der Waals surface area contributed by atoms with Gasteiger partial charge in [-0.25, -0.2) is 4.98 Å². The summed E-state index contributed by atoms with van der Waals surface area (Å²) in [5, 5.41) is 0.418. The molecular formula is C13H21ClN2O. The minimum atomic E-state index is 0.282. The Morgan fingerprint density at radius 1 is 1.24 bits per heavy atom. The summed E-state index contributed by atoms with van der Waals surface area (Å²) in [6, 6.07) is 0. The van der Waals surface area contributed by atoms with E-state index in [4.69, 9.17) is 16.3 Å². The van der Waals surface area contributed by atoms with E-state index in [2.05, 4.69) is 23.8 Å². The lowest BCUT2D eigenvalue weighted by molar-refractivity contribution is 0.0438. The molecule has 4 heteroatoms. The molecule has 3 nitrogen and oxygen atoms in total. The van der Waals surface area contributed by atoms with E-state index in [1.165, 1.54) is 25.7 Å². The third kappa shape index (κ3) is 6.59. The van der Waals surface area contributed by atoms with E-state index >= 15 is 0 Å². The number of nitrogens with zero attached hydrogens (tertiary/aromatic N) is 2. The van der Waals surface area contributed by atoms with E-state index in [-0.39, 0.29) is 6.10 Å². The molecule has 96 valence electrons. The molecule has 0 saturated carbocycles. The fourth-order valence-electron chi connectivity index (χ4n) is 1.58. The lowest BCUT2D eigenvalue weighted by atomic mass is 10.1. The van der Waals surface area contributed by atoms with Gasteiger partial charge in [0.05, 0.1) is 30.8 Å². The lowest BCUT2D eigenvalue weighted by Gasteiger charge is -2.12. The number of hydrogen-bond donors (Lipinski definition) is 0. The summed E-state index contributed by atoms with van der Waals surface area (Å²) in [7, 11) is 0. The smallest absolute Gasteiger partial charge is 0.147 e. The molecule has 1 unspecified atom stereocenters. The maximum atomic E-state index is 5.70.